The Labute approximate surface area is 81.3 Å². The molecule has 0 heterocycles. The van der Waals surface area contributed by atoms with Crippen molar-refractivity contribution in [2.75, 3.05) is 0 Å². The lowest BCUT2D eigenvalue weighted by atomic mass is 10.1. The quantitative estimate of drug-likeness (QED) is 0.457. The smallest absolute Gasteiger partial charge is 0.101 e. The number of alkyl halides is 1. The predicted molar refractivity (Wildman–Crippen MR) is 56.7 cm³/mol. The maximum atomic E-state index is 13.0. The van der Waals surface area contributed by atoms with E-state index in [9.17, 15) is 4.39 Å². The molecule has 0 saturated carbocycles. The van der Waals surface area contributed by atoms with Crippen LogP contribution in [0.15, 0.2) is 0 Å². The molecule has 12 heavy (non-hydrogen) atoms. The molecule has 0 nitrogen and oxygen atoms in total. The van der Waals surface area contributed by atoms with Gasteiger partial charge in [0.2, 0.25) is 0 Å². The van der Waals surface area contributed by atoms with E-state index in [2.05, 4.69) is 19.6 Å². The van der Waals surface area contributed by atoms with Gasteiger partial charge in [-0.25, -0.2) is 4.39 Å². The number of halogens is 1. The summed E-state index contributed by atoms with van der Waals surface area (Å²) >= 11 is 4.16. The molecule has 2 atom stereocenters. The summed E-state index contributed by atoms with van der Waals surface area (Å²) < 4.78 is 13.0. The molecular weight excluding hydrogens is 171 g/mol. The maximum absolute atomic E-state index is 13.0. The first kappa shape index (κ1) is 12.3. The van der Waals surface area contributed by atoms with E-state index in [1.165, 1.54) is 19.3 Å². The van der Waals surface area contributed by atoms with Crippen LogP contribution < -0.4 is 0 Å². The molecule has 0 bridgehead atoms. The van der Waals surface area contributed by atoms with Gasteiger partial charge in [-0.2, -0.15) is 12.6 Å². The third-order valence-corrected chi connectivity index (χ3v) is 2.18. The zero-order chi connectivity index (χ0) is 9.40. The predicted octanol–water partition coefficient (Wildman–Crippen LogP) is 4.00. The highest BCUT2D eigenvalue weighted by Gasteiger charge is 2.08. The molecule has 0 aliphatic rings. The van der Waals surface area contributed by atoms with E-state index >= 15 is 0 Å². The Hall–Kier alpha value is 0.280. The van der Waals surface area contributed by atoms with Gasteiger partial charge in [-0.15, -0.1) is 0 Å². The van der Waals surface area contributed by atoms with Gasteiger partial charge in [-0.1, -0.05) is 39.5 Å². The largest absolute Gasteiger partial charge is 0.247 e. The van der Waals surface area contributed by atoms with Crippen LogP contribution in [0.1, 0.15) is 52.4 Å². The average molecular weight is 192 g/mol. The Bertz CT molecular complexity index is 93.8. The number of hydrogen-bond acceptors (Lipinski definition) is 1. The SMILES string of the molecule is CCCCCCC(F)CC(C)S. The molecule has 0 N–H and O–H groups in total. The van der Waals surface area contributed by atoms with Gasteiger partial charge in [0.1, 0.15) is 6.17 Å². The van der Waals surface area contributed by atoms with E-state index in [-0.39, 0.29) is 5.25 Å². The van der Waals surface area contributed by atoms with Crippen molar-refractivity contribution in [3.8, 4) is 0 Å². The highest BCUT2D eigenvalue weighted by Crippen LogP contribution is 2.14. The summed E-state index contributed by atoms with van der Waals surface area (Å²) in [4.78, 5) is 0. The van der Waals surface area contributed by atoms with Crippen LogP contribution in [-0.2, 0) is 0 Å². The van der Waals surface area contributed by atoms with Gasteiger partial charge in [0.25, 0.3) is 0 Å². The second kappa shape index (κ2) is 7.90. The lowest BCUT2D eigenvalue weighted by molar-refractivity contribution is 0.288. The maximum Gasteiger partial charge on any atom is 0.101 e. The Balaban J connectivity index is 3.14. The van der Waals surface area contributed by atoms with E-state index in [4.69, 9.17) is 0 Å². The summed E-state index contributed by atoms with van der Waals surface area (Å²) in [6.07, 6.45) is 5.38. The first-order valence-corrected chi connectivity index (χ1v) is 5.50. The second-order valence-electron chi connectivity index (χ2n) is 3.53. The van der Waals surface area contributed by atoms with Crippen molar-refractivity contribution in [1.29, 1.82) is 0 Å². The minimum atomic E-state index is -0.630. The fourth-order valence-corrected chi connectivity index (χ4v) is 1.51. The summed E-state index contributed by atoms with van der Waals surface area (Å²) in [7, 11) is 0. The highest BCUT2D eigenvalue weighted by molar-refractivity contribution is 7.80. The molecule has 74 valence electrons. The first-order chi connectivity index (χ1) is 5.66. The minimum Gasteiger partial charge on any atom is -0.247 e. The van der Waals surface area contributed by atoms with Gasteiger partial charge < -0.3 is 0 Å². The van der Waals surface area contributed by atoms with Crippen molar-refractivity contribution in [1.82, 2.24) is 0 Å². The zero-order valence-corrected chi connectivity index (χ0v) is 9.12. The molecule has 0 spiro atoms. The number of unbranched alkanes of at least 4 members (excludes halogenated alkanes) is 3. The molecule has 0 radical (unpaired) electrons. The summed E-state index contributed by atoms with van der Waals surface area (Å²) in [6, 6.07) is 0. The van der Waals surface area contributed by atoms with Gasteiger partial charge in [0.05, 0.1) is 0 Å². The summed E-state index contributed by atoms with van der Waals surface area (Å²) in [5, 5.41) is 0.200. The second-order valence-corrected chi connectivity index (χ2v) is 4.41. The molecule has 0 aliphatic carbocycles. The van der Waals surface area contributed by atoms with Crippen molar-refractivity contribution in [3.05, 3.63) is 0 Å². The van der Waals surface area contributed by atoms with E-state index in [1.807, 2.05) is 6.92 Å². The molecule has 0 aromatic heterocycles. The van der Waals surface area contributed by atoms with Crippen LogP contribution in [0.5, 0.6) is 0 Å². The molecule has 0 aromatic carbocycles. The van der Waals surface area contributed by atoms with Crippen molar-refractivity contribution >= 4 is 12.6 Å². The monoisotopic (exact) mass is 192 g/mol. The Morgan fingerprint density at radius 1 is 1.25 bits per heavy atom. The van der Waals surface area contributed by atoms with Gasteiger partial charge in [0.15, 0.2) is 0 Å². The van der Waals surface area contributed by atoms with Crippen LogP contribution in [0.2, 0.25) is 0 Å². The molecule has 2 heteroatoms. The molecular formula is C10H21FS. The standard InChI is InChI=1S/C10H21FS/c1-3-4-5-6-7-10(11)8-9(2)12/h9-10,12H,3-8H2,1-2H3. The van der Waals surface area contributed by atoms with E-state index < -0.39 is 6.17 Å². The Morgan fingerprint density at radius 3 is 2.42 bits per heavy atom. The van der Waals surface area contributed by atoms with Crippen LogP contribution in [0.3, 0.4) is 0 Å². The molecule has 0 aliphatic heterocycles. The molecule has 2 unspecified atom stereocenters. The van der Waals surface area contributed by atoms with E-state index in [0.29, 0.717) is 6.42 Å². The fraction of sp³-hybridized carbons (Fsp3) is 1.00. The zero-order valence-electron chi connectivity index (χ0n) is 8.22. The third kappa shape index (κ3) is 8.38. The first-order valence-electron chi connectivity index (χ1n) is 4.99. The van der Waals surface area contributed by atoms with Gasteiger partial charge >= 0.3 is 0 Å². The Morgan fingerprint density at radius 2 is 1.92 bits per heavy atom. The van der Waals surface area contributed by atoms with Crippen molar-refractivity contribution in [3.63, 3.8) is 0 Å². The highest BCUT2D eigenvalue weighted by atomic mass is 32.1. The number of rotatable bonds is 7. The number of thiol groups is 1. The minimum absolute atomic E-state index is 0.200. The van der Waals surface area contributed by atoms with Gasteiger partial charge in [-0.3, -0.25) is 0 Å². The Kier molecular flexibility index (Phi) is 8.09. The van der Waals surface area contributed by atoms with Crippen molar-refractivity contribution in [2.24, 2.45) is 0 Å². The fourth-order valence-electron chi connectivity index (χ4n) is 1.28. The average Bonchev–Trinajstić information content (AvgIpc) is 1.97. The normalized spacial score (nSPS) is 16.0. The van der Waals surface area contributed by atoms with Crippen LogP contribution in [0.4, 0.5) is 4.39 Å². The number of hydrogen-bond donors (Lipinski definition) is 1. The lowest BCUT2D eigenvalue weighted by Crippen LogP contribution is -2.06. The summed E-state index contributed by atoms with van der Waals surface area (Å²) in [5.74, 6) is 0. The van der Waals surface area contributed by atoms with Crippen LogP contribution in [-0.4, -0.2) is 11.4 Å². The van der Waals surface area contributed by atoms with Gasteiger partial charge in [-0.05, 0) is 12.8 Å². The van der Waals surface area contributed by atoms with Gasteiger partial charge in [0, 0.05) is 5.25 Å². The summed E-state index contributed by atoms with van der Waals surface area (Å²) in [6.45, 7) is 4.12. The molecule has 0 amide bonds. The molecule has 0 fully saturated rings. The topological polar surface area (TPSA) is 0 Å². The molecule has 0 rings (SSSR count). The van der Waals surface area contributed by atoms with Crippen molar-refractivity contribution < 1.29 is 4.39 Å². The van der Waals surface area contributed by atoms with Crippen molar-refractivity contribution in [2.45, 2.75) is 63.8 Å². The van der Waals surface area contributed by atoms with E-state index in [1.54, 1.807) is 0 Å². The molecule has 0 aromatic rings. The van der Waals surface area contributed by atoms with Crippen LogP contribution >= 0.6 is 12.6 Å². The van der Waals surface area contributed by atoms with Crippen LogP contribution in [0, 0.1) is 0 Å². The lowest BCUT2D eigenvalue weighted by Gasteiger charge is -2.09. The molecule has 0 saturated heterocycles. The van der Waals surface area contributed by atoms with E-state index in [0.717, 1.165) is 12.8 Å². The van der Waals surface area contributed by atoms with Crippen LogP contribution in [0.25, 0.3) is 0 Å². The third-order valence-electron chi connectivity index (χ3n) is 1.97. The summed E-state index contributed by atoms with van der Waals surface area (Å²) in [5.41, 5.74) is 0.